The Morgan fingerprint density at radius 2 is 2.14 bits per heavy atom. The largest absolute Gasteiger partial charge is 0.481 e. The first-order valence-electron chi connectivity index (χ1n) is 6.56. The van der Waals surface area contributed by atoms with Gasteiger partial charge in [-0.1, -0.05) is 18.6 Å². The molecule has 1 aliphatic rings. The summed E-state index contributed by atoms with van der Waals surface area (Å²) in [4.78, 5) is 11.3. The van der Waals surface area contributed by atoms with E-state index < -0.39 is 27.4 Å². The number of carboxylic acids is 1. The summed E-state index contributed by atoms with van der Waals surface area (Å²) in [6.45, 7) is 1.55. The molecule has 0 heterocycles. The molecule has 2 rings (SSSR count). The summed E-state index contributed by atoms with van der Waals surface area (Å²) in [5, 5.41) is 18.3. The number of nitrogens with one attached hydrogen (secondary N) is 1. The van der Waals surface area contributed by atoms with Gasteiger partial charge in [-0.15, -0.1) is 0 Å². The summed E-state index contributed by atoms with van der Waals surface area (Å²) in [6, 6.07) is 7.02. The van der Waals surface area contributed by atoms with E-state index >= 15 is 0 Å². The molecule has 2 atom stereocenters. The molecule has 0 spiro atoms. The minimum Gasteiger partial charge on any atom is -0.481 e. The van der Waals surface area contributed by atoms with Crippen LogP contribution in [0.2, 0.25) is 0 Å². The van der Waals surface area contributed by atoms with Crippen molar-refractivity contribution < 1.29 is 18.3 Å². The molecule has 0 amide bonds. The van der Waals surface area contributed by atoms with E-state index in [4.69, 9.17) is 5.26 Å². The standard InChI is InChI=1S/C14H16N2O4S/c1-14(13(17)18)8-4-7-12(14)16-21(19,20)11-6-3-2-5-10(11)9-15/h2-3,5-6,12,16H,4,7-8H2,1H3,(H,17,18). The maximum atomic E-state index is 12.4. The van der Waals surface area contributed by atoms with Crippen molar-refractivity contribution in [2.45, 2.75) is 37.1 Å². The minimum atomic E-state index is -3.93. The average Bonchev–Trinajstić information content (AvgIpc) is 2.81. The van der Waals surface area contributed by atoms with Gasteiger partial charge in [0.2, 0.25) is 10.0 Å². The summed E-state index contributed by atoms with van der Waals surface area (Å²) in [6.07, 6.45) is 1.54. The number of sulfonamides is 1. The summed E-state index contributed by atoms with van der Waals surface area (Å²) in [5.74, 6) is -1.01. The zero-order valence-corrected chi connectivity index (χ0v) is 12.4. The number of nitriles is 1. The van der Waals surface area contributed by atoms with Crippen molar-refractivity contribution in [1.82, 2.24) is 4.72 Å². The summed E-state index contributed by atoms with van der Waals surface area (Å²) >= 11 is 0. The molecular formula is C14H16N2O4S. The van der Waals surface area contributed by atoms with Crippen molar-refractivity contribution in [2.24, 2.45) is 5.41 Å². The molecule has 2 N–H and O–H groups in total. The smallest absolute Gasteiger partial charge is 0.310 e. The molecule has 0 saturated heterocycles. The van der Waals surface area contributed by atoms with Gasteiger partial charge in [0.05, 0.1) is 15.9 Å². The summed E-state index contributed by atoms with van der Waals surface area (Å²) in [7, 11) is -3.93. The van der Waals surface area contributed by atoms with Crippen molar-refractivity contribution in [2.75, 3.05) is 0 Å². The Morgan fingerprint density at radius 3 is 2.76 bits per heavy atom. The summed E-state index contributed by atoms with van der Waals surface area (Å²) in [5.41, 5.74) is -1.07. The second kappa shape index (κ2) is 5.47. The molecule has 7 heteroatoms. The molecule has 1 aromatic rings. The van der Waals surface area contributed by atoms with E-state index in [1.54, 1.807) is 13.0 Å². The van der Waals surface area contributed by atoms with Gasteiger partial charge in [0.1, 0.15) is 6.07 Å². The molecular weight excluding hydrogens is 292 g/mol. The molecule has 2 unspecified atom stereocenters. The fourth-order valence-corrected chi connectivity index (χ4v) is 4.20. The van der Waals surface area contributed by atoms with Crippen LogP contribution >= 0.6 is 0 Å². The van der Waals surface area contributed by atoms with E-state index in [9.17, 15) is 18.3 Å². The average molecular weight is 308 g/mol. The van der Waals surface area contributed by atoms with Gasteiger partial charge < -0.3 is 5.11 Å². The first-order chi connectivity index (χ1) is 9.81. The minimum absolute atomic E-state index is 0.0417. The lowest BCUT2D eigenvalue weighted by Crippen LogP contribution is -2.47. The Bertz CT molecular complexity index is 708. The van der Waals surface area contributed by atoms with Crippen molar-refractivity contribution in [3.8, 4) is 6.07 Å². The van der Waals surface area contributed by atoms with E-state index in [1.165, 1.54) is 18.2 Å². The lowest BCUT2D eigenvalue weighted by Gasteiger charge is -2.27. The van der Waals surface area contributed by atoms with Gasteiger partial charge >= 0.3 is 5.97 Å². The first-order valence-corrected chi connectivity index (χ1v) is 8.04. The van der Waals surface area contributed by atoms with Crippen molar-refractivity contribution in [3.05, 3.63) is 29.8 Å². The Morgan fingerprint density at radius 1 is 1.48 bits per heavy atom. The fourth-order valence-electron chi connectivity index (χ4n) is 2.66. The van der Waals surface area contributed by atoms with E-state index in [0.29, 0.717) is 19.3 Å². The molecule has 1 saturated carbocycles. The van der Waals surface area contributed by atoms with Gasteiger partial charge in [-0.2, -0.15) is 5.26 Å². The zero-order chi connectivity index (χ0) is 15.7. The van der Waals surface area contributed by atoms with Gasteiger partial charge in [-0.25, -0.2) is 13.1 Å². The van der Waals surface area contributed by atoms with Crippen molar-refractivity contribution >= 4 is 16.0 Å². The van der Waals surface area contributed by atoms with Gasteiger partial charge in [-0.3, -0.25) is 4.79 Å². The van der Waals surface area contributed by atoms with Crippen molar-refractivity contribution in [1.29, 1.82) is 5.26 Å². The molecule has 0 radical (unpaired) electrons. The van der Waals surface area contributed by atoms with Crippen LogP contribution in [0, 0.1) is 16.7 Å². The predicted molar refractivity (Wildman–Crippen MR) is 74.9 cm³/mol. The highest BCUT2D eigenvalue weighted by Gasteiger charge is 2.47. The SMILES string of the molecule is CC1(C(=O)O)CCCC1NS(=O)(=O)c1ccccc1C#N. The Hall–Kier alpha value is -1.91. The number of carbonyl (C=O) groups is 1. The third kappa shape index (κ3) is 2.77. The van der Waals surface area contributed by atoms with Crippen LogP contribution in [0.1, 0.15) is 31.7 Å². The lowest BCUT2D eigenvalue weighted by atomic mass is 9.85. The topological polar surface area (TPSA) is 107 Å². The quantitative estimate of drug-likeness (QED) is 0.876. The van der Waals surface area contributed by atoms with Gasteiger partial charge in [-0.05, 0) is 31.9 Å². The second-order valence-corrected chi connectivity index (χ2v) is 7.08. The summed E-state index contributed by atoms with van der Waals surface area (Å²) < 4.78 is 27.3. The first kappa shape index (κ1) is 15.5. The van der Waals surface area contributed by atoms with E-state index in [0.717, 1.165) is 0 Å². The van der Waals surface area contributed by atoms with Gasteiger partial charge in [0, 0.05) is 6.04 Å². The van der Waals surface area contributed by atoms with Crippen LogP contribution in [0.15, 0.2) is 29.2 Å². The molecule has 21 heavy (non-hydrogen) atoms. The van der Waals surface area contributed by atoms with E-state index in [1.807, 2.05) is 6.07 Å². The van der Waals surface area contributed by atoms with Crippen LogP contribution in [0.25, 0.3) is 0 Å². The van der Waals surface area contributed by atoms with Crippen LogP contribution in [0.5, 0.6) is 0 Å². The number of rotatable bonds is 4. The molecule has 1 aliphatic carbocycles. The van der Waals surface area contributed by atoms with Gasteiger partial charge in [0.25, 0.3) is 0 Å². The molecule has 6 nitrogen and oxygen atoms in total. The lowest BCUT2D eigenvalue weighted by molar-refractivity contribution is -0.148. The molecule has 0 aromatic heterocycles. The number of carboxylic acid groups (broad SMARTS) is 1. The number of hydrogen-bond acceptors (Lipinski definition) is 4. The maximum absolute atomic E-state index is 12.4. The monoisotopic (exact) mass is 308 g/mol. The third-order valence-electron chi connectivity index (χ3n) is 4.04. The fraction of sp³-hybridized carbons (Fsp3) is 0.429. The molecule has 0 aliphatic heterocycles. The number of aliphatic carboxylic acids is 1. The molecule has 112 valence electrons. The number of benzene rings is 1. The molecule has 1 aromatic carbocycles. The van der Waals surface area contributed by atoms with E-state index in [2.05, 4.69) is 4.72 Å². The van der Waals surface area contributed by atoms with Crippen LogP contribution in [-0.2, 0) is 14.8 Å². The van der Waals surface area contributed by atoms with Crippen molar-refractivity contribution in [3.63, 3.8) is 0 Å². The van der Waals surface area contributed by atoms with E-state index in [-0.39, 0.29) is 10.5 Å². The normalized spacial score (nSPS) is 25.4. The number of hydrogen-bond donors (Lipinski definition) is 2. The molecule has 0 bridgehead atoms. The number of nitrogens with zero attached hydrogens (tertiary/aromatic N) is 1. The highest BCUT2D eigenvalue weighted by atomic mass is 32.2. The van der Waals surface area contributed by atoms with Crippen LogP contribution in [0.3, 0.4) is 0 Å². The third-order valence-corrected chi connectivity index (χ3v) is 5.57. The van der Waals surface area contributed by atoms with Gasteiger partial charge in [0.15, 0.2) is 0 Å². The Balaban J connectivity index is 2.35. The molecule has 1 fully saturated rings. The van der Waals surface area contributed by atoms with Crippen LogP contribution < -0.4 is 4.72 Å². The Kier molecular flexibility index (Phi) is 4.03. The highest BCUT2D eigenvalue weighted by molar-refractivity contribution is 7.89. The maximum Gasteiger partial charge on any atom is 0.310 e. The Labute approximate surface area is 123 Å². The predicted octanol–water partition coefficient (Wildman–Crippen LogP) is 1.48. The zero-order valence-electron chi connectivity index (χ0n) is 11.5. The van der Waals surface area contributed by atoms with Crippen LogP contribution in [-0.4, -0.2) is 25.5 Å². The van der Waals surface area contributed by atoms with Crippen LogP contribution in [0.4, 0.5) is 0 Å². The second-order valence-electron chi connectivity index (χ2n) is 5.40. The highest BCUT2D eigenvalue weighted by Crippen LogP contribution is 2.39.